The Bertz CT molecular complexity index is 353. The maximum atomic E-state index is 5.17. The fourth-order valence-electron chi connectivity index (χ4n) is 1.17. The van der Waals surface area contributed by atoms with Gasteiger partial charge in [0.05, 0.1) is 7.11 Å². The highest BCUT2D eigenvalue weighted by molar-refractivity contribution is 7.80. The Morgan fingerprint density at radius 1 is 1.44 bits per heavy atom. The Balaban J connectivity index is 2.49. The molecule has 0 saturated heterocycles. The lowest BCUT2D eigenvalue weighted by Crippen LogP contribution is -2.31. The Hall–Kier alpha value is -1.29. The van der Waals surface area contributed by atoms with Crippen LogP contribution in [0.1, 0.15) is 13.8 Å². The summed E-state index contributed by atoms with van der Waals surface area (Å²) < 4.78 is 5.13. The fraction of sp³-hybridized carbons (Fsp3) is 0.417. The quantitative estimate of drug-likeness (QED) is 0.790. The number of benzene rings is 1. The van der Waals surface area contributed by atoms with Gasteiger partial charge in [0.15, 0.2) is 5.11 Å². The summed E-state index contributed by atoms with van der Waals surface area (Å²) in [4.78, 5) is 0. The fourth-order valence-corrected chi connectivity index (χ4v) is 1.37. The van der Waals surface area contributed by atoms with E-state index in [1.54, 1.807) is 7.11 Å². The highest BCUT2D eigenvalue weighted by atomic mass is 32.1. The van der Waals surface area contributed by atoms with Gasteiger partial charge in [-0.15, -0.1) is 0 Å². The molecule has 0 unspecified atom stereocenters. The van der Waals surface area contributed by atoms with Crippen molar-refractivity contribution in [2.45, 2.75) is 13.8 Å². The van der Waals surface area contributed by atoms with Crippen molar-refractivity contribution in [3.63, 3.8) is 0 Å². The predicted molar refractivity (Wildman–Crippen MR) is 72.1 cm³/mol. The molecule has 0 radical (unpaired) electrons. The standard InChI is InChI=1S/C12H18N2OS/c1-9(2)8-13-12(16)14-10-5-4-6-11(7-10)15-3/h4-7,9H,8H2,1-3H3,(H2,13,14,16). The molecule has 0 aliphatic carbocycles. The van der Waals surface area contributed by atoms with Crippen LogP contribution in [-0.2, 0) is 0 Å². The molecule has 1 rings (SSSR count). The van der Waals surface area contributed by atoms with E-state index in [2.05, 4.69) is 24.5 Å². The van der Waals surface area contributed by atoms with Gasteiger partial charge in [-0.1, -0.05) is 19.9 Å². The number of ether oxygens (including phenoxy) is 1. The van der Waals surface area contributed by atoms with Gasteiger partial charge in [0.25, 0.3) is 0 Å². The normalized spacial score (nSPS) is 10.0. The molecule has 0 bridgehead atoms. The van der Waals surface area contributed by atoms with E-state index in [0.717, 1.165) is 18.0 Å². The second kappa shape index (κ2) is 6.33. The first kappa shape index (κ1) is 12.8. The van der Waals surface area contributed by atoms with Gasteiger partial charge in [-0.25, -0.2) is 0 Å². The molecule has 88 valence electrons. The third-order valence-corrected chi connectivity index (χ3v) is 2.24. The van der Waals surface area contributed by atoms with Gasteiger partial charge < -0.3 is 15.4 Å². The molecular formula is C12H18N2OS. The predicted octanol–water partition coefficient (Wildman–Crippen LogP) is 2.64. The largest absolute Gasteiger partial charge is 0.497 e. The number of anilines is 1. The Labute approximate surface area is 102 Å². The van der Waals surface area contributed by atoms with Crippen molar-refractivity contribution < 1.29 is 4.74 Å². The van der Waals surface area contributed by atoms with Crippen LogP contribution in [0, 0.1) is 5.92 Å². The molecule has 0 aliphatic heterocycles. The summed E-state index contributed by atoms with van der Waals surface area (Å²) in [5, 5.41) is 6.90. The van der Waals surface area contributed by atoms with Crippen LogP contribution in [0.4, 0.5) is 5.69 Å². The number of hydrogen-bond acceptors (Lipinski definition) is 2. The van der Waals surface area contributed by atoms with Crippen molar-refractivity contribution in [1.82, 2.24) is 5.32 Å². The van der Waals surface area contributed by atoms with Gasteiger partial charge in [-0.3, -0.25) is 0 Å². The van der Waals surface area contributed by atoms with E-state index in [-0.39, 0.29) is 0 Å². The van der Waals surface area contributed by atoms with Crippen molar-refractivity contribution in [3.05, 3.63) is 24.3 Å². The van der Waals surface area contributed by atoms with Crippen LogP contribution in [-0.4, -0.2) is 18.8 Å². The summed E-state index contributed by atoms with van der Waals surface area (Å²) in [6, 6.07) is 7.68. The molecule has 4 heteroatoms. The maximum Gasteiger partial charge on any atom is 0.170 e. The lowest BCUT2D eigenvalue weighted by molar-refractivity contribution is 0.415. The Morgan fingerprint density at radius 3 is 2.81 bits per heavy atom. The Kier molecular flexibility index (Phi) is 5.05. The highest BCUT2D eigenvalue weighted by Crippen LogP contribution is 2.16. The summed E-state index contributed by atoms with van der Waals surface area (Å²) in [6.07, 6.45) is 0. The number of thiocarbonyl (C=S) groups is 1. The highest BCUT2D eigenvalue weighted by Gasteiger charge is 1.99. The monoisotopic (exact) mass is 238 g/mol. The van der Waals surface area contributed by atoms with Crippen LogP contribution in [0.2, 0.25) is 0 Å². The van der Waals surface area contributed by atoms with Gasteiger partial charge >= 0.3 is 0 Å². The average molecular weight is 238 g/mol. The topological polar surface area (TPSA) is 33.3 Å². The third-order valence-electron chi connectivity index (χ3n) is 2.00. The minimum absolute atomic E-state index is 0.574. The summed E-state index contributed by atoms with van der Waals surface area (Å²) in [5.41, 5.74) is 0.931. The molecule has 0 heterocycles. The van der Waals surface area contributed by atoms with E-state index in [9.17, 15) is 0 Å². The second-order valence-corrected chi connectivity index (χ2v) is 4.37. The SMILES string of the molecule is COc1cccc(NC(=S)NCC(C)C)c1. The smallest absolute Gasteiger partial charge is 0.170 e. The zero-order valence-corrected chi connectivity index (χ0v) is 10.7. The lowest BCUT2D eigenvalue weighted by Gasteiger charge is -2.12. The molecule has 0 spiro atoms. The minimum Gasteiger partial charge on any atom is -0.497 e. The van der Waals surface area contributed by atoms with E-state index < -0.39 is 0 Å². The average Bonchev–Trinajstić information content (AvgIpc) is 2.26. The van der Waals surface area contributed by atoms with Gasteiger partial charge in [0.2, 0.25) is 0 Å². The van der Waals surface area contributed by atoms with Crippen molar-refractivity contribution in [2.75, 3.05) is 19.0 Å². The molecule has 0 aliphatic rings. The lowest BCUT2D eigenvalue weighted by atomic mass is 10.2. The van der Waals surface area contributed by atoms with Crippen LogP contribution >= 0.6 is 12.2 Å². The molecule has 16 heavy (non-hydrogen) atoms. The number of rotatable bonds is 4. The van der Waals surface area contributed by atoms with Crippen molar-refractivity contribution >= 4 is 23.0 Å². The van der Waals surface area contributed by atoms with E-state index in [1.807, 2.05) is 24.3 Å². The zero-order valence-electron chi connectivity index (χ0n) is 9.91. The van der Waals surface area contributed by atoms with Crippen molar-refractivity contribution in [3.8, 4) is 5.75 Å². The van der Waals surface area contributed by atoms with Gasteiger partial charge in [0, 0.05) is 18.3 Å². The molecule has 3 nitrogen and oxygen atoms in total. The molecule has 0 aromatic heterocycles. The molecule has 1 aromatic carbocycles. The summed E-state index contributed by atoms with van der Waals surface area (Å²) in [6.45, 7) is 5.15. The first-order valence-electron chi connectivity index (χ1n) is 5.30. The van der Waals surface area contributed by atoms with Crippen molar-refractivity contribution in [1.29, 1.82) is 0 Å². The first-order valence-corrected chi connectivity index (χ1v) is 5.71. The van der Waals surface area contributed by atoms with Crippen LogP contribution in [0.15, 0.2) is 24.3 Å². The minimum atomic E-state index is 0.574. The van der Waals surface area contributed by atoms with Crippen LogP contribution in [0.25, 0.3) is 0 Å². The zero-order chi connectivity index (χ0) is 12.0. The summed E-state index contributed by atoms with van der Waals surface area (Å²) in [7, 11) is 1.65. The number of hydrogen-bond donors (Lipinski definition) is 2. The van der Waals surface area contributed by atoms with E-state index in [1.165, 1.54) is 0 Å². The number of nitrogens with one attached hydrogen (secondary N) is 2. The molecular weight excluding hydrogens is 220 g/mol. The van der Waals surface area contributed by atoms with E-state index >= 15 is 0 Å². The first-order chi connectivity index (χ1) is 7.61. The van der Waals surface area contributed by atoms with Gasteiger partial charge in [0.1, 0.15) is 5.75 Å². The molecule has 0 fully saturated rings. The van der Waals surface area contributed by atoms with Gasteiger partial charge in [-0.2, -0.15) is 0 Å². The van der Waals surface area contributed by atoms with Crippen molar-refractivity contribution in [2.24, 2.45) is 5.92 Å². The summed E-state index contributed by atoms with van der Waals surface area (Å²) >= 11 is 5.17. The maximum absolute atomic E-state index is 5.17. The molecule has 0 saturated carbocycles. The molecule has 1 aromatic rings. The molecule has 0 amide bonds. The molecule has 2 N–H and O–H groups in total. The third kappa shape index (κ3) is 4.49. The summed E-state index contributed by atoms with van der Waals surface area (Å²) in [5.74, 6) is 1.39. The Morgan fingerprint density at radius 2 is 2.19 bits per heavy atom. The van der Waals surface area contributed by atoms with Gasteiger partial charge in [-0.05, 0) is 30.3 Å². The van der Waals surface area contributed by atoms with Crippen LogP contribution in [0.3, 0.4) is 0 Å². The second-order valence-electron chi connectivity index (χ2n) is 3.96. The molecule has 0 atom stereocenters. The van der Waals surface area contributed by atoms with Crippen LogP contribution < -0.4 is 15.4 Å². The van der Waals surface area contributed by atoms with E-state index in [4.69, 9.17) is 17.0 Å². The number of methoxy groups -OCH3 is 1. The van der Waals surface area contributed by atoms with Crippen LogP contribution in [0.5, 0.6) is 5.75 Å². The van der Waals surface area contributed by atoms with E-state index in [0.29, 0.717) is 11.0 Å².